The zero-order valence-corrected chi connectivity index (χ0v) is 10.7. The van der Waals surface area contributed by atoms with Gasteiger partial charge in [0.2, 0.25) is 0 Å². The van der Waals surface area contributed by atoms with Crippen LogP contribution in [0.5, 0.6) is 0 Å². The normalized spacial score (nSPS) is 28.3. The van der Waals surface area contributed by atoms with Gasteiger partial charge in [0, 0.05) is 25.6 Å². The molecule has 0 aromatic carbocycles. The minimum Gasteiger partial charge on any atom is -0.396 e. The lowest BCUT2D eigenvalue weighted by molar-refractivity contribution is -0.0667. The van der Waals surface area contributed by atoms with Crippen molar-refractivity contribution in [2.24, 2.45) is 5.41 Å². The standard InChI is InChI=1S/C12H25NO3/c1-11(9-14,10-15)7-13-6-4-5-12(2,8-13)16-3/h14-15H,4-10H2,1-3H3. The van der Waals surface area contributed by atoms with Crippen LogP contribution in [-0.4, -0.2) is 60.7 Å². The Morgan fingerprint density at radius 3 is 2.50 bits per heavy atom. The van der Waals surface area contributed by atoms with Gasteiger partial charge in [0.25, 0.3) is 0 Å². The van der Waals surface area contributed by atoms with E-state index in [2.05, 4.69) is 11.8 Å². The first-order valence-corrected chi connectivity index (χ1v) is 5.96. The molecule has 96 valence electrons. The van der Waals surface area contributed by atoms with Crippen molar-refractivity contribution in [1.82, 2.24) is 4.90 Å². The zero-order valence-electron chi connectivity index (χ0n) is 10.7. The maximum absolute atomic E-state index is 9.29. The number of likely N-dealkylation sites (tertiary alicyclic amines) is 1. The highest BCUT2D eigenvalue weighted by molar-refractivity contribution is 4.87. The molecule has 2 N–H and O–H groups in total. The van der Waals surface area contributed by atoms with Crippen molar-refractivity contribution in [2.75, 3.05) is 40.0 Å². The lowest BCUT2D eigenvalue weighted by Crippen LogP contribution is -2.51. The van der Waals surface area contributed by atoms with Crippen molar-refractivity contribution in [3.05, 3.63) is 0 Å². The average Bonchev–Trinajstić information content (AvgIpc) is 2.29. The summed E-state index contributed by atoms with van der Waals surface area (Å²) in [4.78, 5) is 2.28. The number of nitrogens with zero attached hydrogens (tertiary/aromatic N) is 1. The van der Waals surface area contributed by atoms with Crippen molar-refractivity contribution in [3.8, 4) is 0 Å². The van der Waals surface area contributed by atoms with Gasteiger partial charge in [-0.05, 0) is 26.3 Å². The zero-order chi connectivity index (χ0) is 12.2. The van der Waals surface area contributed by atoms with Gasteiger partial charge in [0.05, 0.1) is 18.8 Å². The number of piperidine rings is 1. The number of aliphatic hydroxyl groups is 2. The molecule has 0 saturated carbocycles. The molecule has 0 bridgehead atoms. The second kappa shape index (κ2) is 5.45. The summed E-state index contributed by atoms with van der Waals surface area (Å²) in [6.45, 7) is 6.68. The first kappa shape index (κ1) is 13.9. The number of hydrogen-bond donors (Lipinski definition) is 2. The van der Waals surface area contributed by atoms with Gasteiger partial charge in [-0.2, -0.15) is 0 Å². The highest BCUT2D eigenvalue weighted by Gasteiger charge is 2.34. The average molecular weight is 231 g/mol. The summed E-state index contributed by atoms with van der Waals surface area (Å²) in [6.07, 6.45) is 2.19. The van der Waals surface area contributed by atoms with Crippen LogP contribution in [0.15, 0.2) is 0 Å². The van der Waals surface area contributed by atoms with Crippen molar-refractivity contribution in [2.45, 2.75) is 32.3 Å². The Kier molecular flexibility index (Phi) is 4.73. The van der Waals surface area contributed by atoms with Crippen LogP contribution >= 0.6 is 0 Å². The van der Waals surface area contributed by atoms with E-state index in [0.29, 0.717) is 0 Å². The van der Waals surface area contributed by atoms with Crippen molar-refractivity contribution in [1.29, 1.82) is 0 Å². The number of methoxy groups -OCH3 is 1. The maximum atomic E-state index is 9.29. The first-order valence-electron chi connectivity index (χ1n) is 5.96. The van der Waals surface area contributed by atoms with Gasteiger partial charge < -0.3 is 14.9 Å². The van der Waals surface area contributed by atoms with E-state index in [0.717, 1.165) is 32.5 Å². The Morgan fingerprint density at radius 1 is 1.38 bits per heavy atom. The van der Waals surface area contributed by atoms with Crippen molar-refractivity contribution >= 4 is 0 Å². The Hall–Kier alpha value is -0.160. The van der Waals surface area contributed by atoms with E-state index in [4.69, 9.17) is 4.74 Å². The summed E-state index contributed by atoms with van der Waals surface area (Å²) in [6, 6.07) is 0. The van der Waals surface area contributed by atoms with Gasteiger partial charge in [-0.25, -0.2) is 0 Å². The van der Waals surface area contributed by atoms with E-state index in [-0.39, 0.29) is 18.8 Å². The SMILES string of the molecule is COC1(C)CCCN(CC(C)(CO)CO)C1. The van der Waals surface area contributed by atoms with Crippen LogP contribution in [0.4, 0.5) is 0 Å². The number of ether oxygens (including phenoxy) is 1. The largest absolute Gasteiger partial charge is 0.396 e. The molecule has 1 fully saturated rings. The molecule has 4 nitrogen and oxygen atoms in total. The van der Waals surface area contributed by atoms with Crippen LogP contribution in [0.1, 0.15) is 26.7 Å². The monoisotopic (exact) mass is 231 g/mol. The molecule has 16 heavy (non-hydrogen) atoms. The van der Waals surface area contributed by atoms with Crippen molar-refractivity contribution in [3.63, 3.8) is 0 Å². The summed E-state index contributed by atoms with van der Waals surface area (Å²) < 4.78 is 5.52. The van der Waals surface area contributed by atoms with Crippen LogP contribution in [0.2, 0.25) is 0 Å². The number of rotatable bonds is 5. The number of aliphatic hydroxyl groups excluding tert-OH is 2. The lowest BCUT2D eigenvalue weighted by atomic mass is 9.89. The molecular weight excluding hydrogens is 206 g/mol. The Balaban J connectivity index is 2.55. The Bertz CT molecular complexity index is 218. The fourth-order valence-electron chi connectivity index (χ4n) is 2.30. The van der Waals surface area contributed by atoms with Crippen LogP contribution < -0.4 is 0 Å². The van der Waals surface area contributed by atoms with Crippen LogP contribution in [-0.2, 0) is 4.74 Å². The minimum absolute atomic E-state index is 0.0176. The summed E-state index contributed by atoms with van der Waals surface area (Å²) in [5.41, 5.74) is -0.490. The Labute approximate surface area is 98.2 Å². The van der Waals surface area contributed by atoms with E-state index >= 15 is 0 Å². The van der Waals surface area contributed by atoms with Crippen LogP contribution in [0.25, 0.3) is 0 Å². The maximum Gasteiger partial charge on any atom is 0.0777 e. The van der Waals surface area contributed by atoms with Gasteiger partial charge in [0.15, 0.2) is 0 Å². The number of hydrogen-bond acceptors (Lipinski definition) is 4. The van der Waals surface area contributed by atoms with Gasteiger partial charge in [-0.1, -0.05) is 6.92 Å². The predicted molar refractivity (Wildman–Crippen MR) is 63.4 cm³/mol. The van der Waals surface area contributed by atoms with Gasteiger partial charge in [0.1, 0.15) is 0 Å². The van der Waals surface area contributed by atoms with E-state index in [1.165, 1.54) is 0 Å². The van der Waals surface area contributed by atoms with Gasteiger partial charge >= 0.3 is 0 Å². The third-order valence-corrected chi connectivity index (χ3v) is 3.60. The Morgan fingerprint density at radius 2 is 2.00 bits per heavy atom. The van der Waals surface area contributed by atoms with Crippen molar-refractivity contribution < 1.29 is 14.9 Å². The molecule has 0 radical (unpaired) electrons. The van der Waals surface area contributed by atoms with E-state index in [1.807, 2.05) is 6.92 Å². The smallest absolute Gasteiger partial charge is 0.0777 e. The molecule has 1 atom stereocenters. The fraction of sp³-hybridized carbons (Fsp3) is 1.00. The van der Waals surface area contributed by atoms with Gasteiger partial charge in [-0.3, -0.25) is 4.90 Å². The fourth-order valence-corrected chi connectivity index (χ4v) is 2.30. The molecule has 1 aliphatic rings. The first-order chi connectivity index (χ1) is 7.47. The second-order valence-corrected chi connectivity index (χ2v) is 5.60. The summed E-state index contributed by atoms with van der Waals surface area (Å²) in [5.74, 6) is 0. The lowest BCUT2D eigenvalue weighted by Gasteiger charge is -2.42. The van der Waals surface area contributed by atoms with Crippen LogP contribution in [0, 0.1) is 5.41 Å². The summed E-state index contributed by atoms with van der Waals surface area (Å²) in [7, 11) is 1.75. The van der Waals surface area contributed by atoms with E-state index in [1.54, 1.807) is 7.11 Å². The molecule has 0 aliphatic carbocycles. The second-order valence-electron chi connectivity index (χ2n) is 5.60. The molecule has 4 heteroatoms. The van der Waals surface area contributed by atoms with Gasteiger partial charge in [-0.15, -0.1) is 0 Å². The molecule has 1 aliphatic heterocycles. The molecular formula is C12H25NO3. The molecule has 1 rings (SSSR count). The van der Waals surface area contributed by atoms with E-state index in [9.17, 15) is 10.2 Å². The molecule has 0 aromatic heterocycles. The highest BCUT2D eigenvalue weighted by atomic mass is 16.5. The minimum atomic E-state index is -0.411. The van der Waals surface area contributed by atoms with Crippen LogP contribution in [0.3, 0.4) is 0 Å². The molecule has 1 saturated heterocycles. The molecule has 0 aromatic rings. The highest BCUT2D eigenvalue weighted by Crippen LogP contribution is 2.26. The predicted octanol–water partition coefficient (Wildman–Crippen LogP) is 0.478. The molecule has 0 spiro atoms. The summed E-state index contributed by atoms with van der Waals surface area (Å²) >= 11 is 0. The summed E-state index contributed by atoms with van der Waals surface area (Å²) in [5, 5.41) is 18.6. The van der Waals surface area contributed by atoms with E-state index < -0.39 is 5.41 Å². The quantitative estimate of drug-likeness (QED) is 0.722. The third-order valence-electron chi connectivity index (χ3n) is 3.60. The third kappa shape index (κ3) is 3.42. The topological polar surface area (TPSA) is 52.9 Å². The molecule has 1 unspecified atom stereocenters. The molecule has 1 heterocycles. The molecule has 0 amide bonds.